The summed E-state index contributed by atoms with van der Waals surface area (Å²) in [5.74, 6) is -0.0502. The Balaban J connectivity index is 1.89. The third kappa shape index (κ3) is 2.81. The van der Waals surface area contributed by atoms with Gasteiger partial charge in [-0.2, -0.15) is 5.10 Å². The number of nitrogen functional groups attached to an aromatic ring is 1. The van der Waals surface area contributed by atoms with Gasteiger partial charge in [0.1, 0.15) is 5.69 Å². The number of aromatic nitrogens is 2. The minimum atomic E-state index is -0.0502. The summed E-state index contributed by atoms with van der Waals surface area (Å²) in [5, 5.41) is 4.06. The van der Waals surface area contributed by atoms with Crippen LogP contribution in [0, 0.1) is 0 Å². The van der Waals surface area contributed by atoms with E-state index in [0.717, 1.165) is 22.9 Å². The van der Waals surface area contributed by atoms with Crippen LogP contribution in [-0.4, -0.2) is 26.6 Å². The monoisotopic (exact) mass is 348 g/mol. The highest BCUT2D eigenvalue weighted by Crippen LogP contribution is 2.31. The second-order valence-electron chi connectivity index (χ2n) is 5.33. The molecule has 2 N–H and O–H groups in total. The van der Waals surface area contributed by atoms with Gasteiger partial charge in [0.05, 0.1) is 11.9 Å². The SMILES string of the molecule is Cn1ncc(N)c1C(=O)N(Cc1ccccc1Br)C1CC1. The second kappa shape index (κ2) is 5.52. The molecule has 2 aromatic rings. The van der Waals surface area contributed by atoms with Crippen molar-refractivity contribution in [1.29, 1.82) is 0 Å². The van der Waals surface area contributed by atoms with Crippen LogP contribution in [0.15, 0.2) is 34.9 Å². The van der Waals surface area contributed by atoms with Gasteiger partial charge >= 0.3 is 0 Å². The molecule has 1 aromatic carbocycles. The van der Waals surface area contributed by atoms with E-state index in [1.54, 1.807) is 11.7 Å². The quantitative estimate of drug-likeness (QED) is 0.923. The molecule has 21 heavy (non-hydrogen) atoms. The lowest BCUT2D eigenvalue weighted by molar-refractivity contribution is 0.0719. The molecule has 3 rings (SSSR count). The summed E-state index contributed by atoms with van der Waals surface area (Å²) in [6.07, 6.45) is 3.62. The number of carbonyl (C=O) groups excluding carboxylic acids is 1. The fourth-order valence-electron chi connectivity index (χ4n) is 2.42. The number of anilines is 1. The minimum Gasteiger partial charge on any atom is -0.396 e. The number of amides is 1. The van der Waals surface area contributed by atoms with Crippen LogP contribution in [0.25, 0.3) is 0 Å². The van der Waals surface area contributed by atoms with Crippen molar-refractivity contribution in [3.8, 4) is 0 Å². The van der Waals surface area contributed by atoms with Gasteiger partial charge in [-0.05, 0) is 24.5 Å². The fourth-order valence-corrected chi connectivity index (χ4v) is 2.83. The maximum absolute atomic E-state index is 12.8. The molecule has 1 aromatic heterocycles. The molecule has 5 nitrogen and oxygen atoms in total. The predicted molar refractivity (Wildman–Crippen MR) is 84.7 cm³/mol. The third-order valence-corrected chi connectivity index (χ3v) is 4.49. The first-order valence-electron chi connectivity index (χ1n) is 6.89. The Kier molecular flexibility index (Phi) is 3.71. The van der Waals surface area contributed by atoms with Crippen LogP contribution in [0.4, 0.5) is 5.69 Å². The number of halogens is 1. The van der Waals surface area contributed by atoms with Gasteiger partial charge in [-0.1, -0.05) is 34.1 Å². The first-order valence-corrected chi connectivity index (χ1v) is 7.69. The van der Waals surface area contributed by atoms with E-state index in [4.69, 9.17) is 5.73 Å². The molecule has 1 amide bonds. The van der Waals surface area contributed by atoms with E-state index < -0.39 is 0 Å². The molecule has 0 radical (unpaired) electrons. The molecule has 110 valence electrons. The average Bonchev–Trinajstić information content (AvgIpc) is 3.23. The summed E-state index contributed by atoms with van der Waals surface area (Å²) in [6, 6.07) is 8.27. The van der Waals surface area contributed by atoms with Gasteiger partial charge in [0.15, 0.2) is 0 Å². The van der Waals surface area contributed by atoms with Crippen molar-refractivity contribution in [3.63, 3.8) is 0 Å². The van der Waals surface area contributed by atoms with E-state index in [0.29, 0.717) is 24.0 Å². The largest absolute Gasteiger partial charge is 0.396 e. The van der Waals surface area contributed by atoms with Crippen molar-refractivity contribution in [1.82, 2.24) is 14.7 Å². The van der Waals surface area contributed by atoms with Gasteiger partial charge in [0.2, 0.25) is 0 Å². The fraction of sp³-hybridized carbons (Fsp3) is 0.333. The van der Waals surface area contributed by atoms with E-state index in [1.807, 2.05) is 29.2 Å². The summed E-state index contributed by atoms with van der Waals surface area (Å²) in [6.45, 7) is 0.579. The molecule has 0 unspecified atom stereocenters. The van der Waals surface area contributed by atoms with Gasteiger partial charge in [0.25, 0.3) is 5.91 Å². The van der Waals surface area contributed by atoms with Gasteiger partial charge in [-0.15, -0.1) is 0 Å². The van der Waals surface area contributed by atoms with Crippen molar-refractivity contribution in [3.05, 3.63) is 46.2 Å². The van der Waals surface area contributed by atoms with Crippen LogP contribution in [0.2, 0.25) is 0 Å². The number of nitrogens with zero attached hydrogens (tertiary/aromatic N) is 3. The molecule has 0 spiro atoms. The van der Waals surface area contributed by atoms with Crippen LogP contribution >= 0.6 is 15.9 Å². The van der Waals surface area contributed by atoms with E-state index in [-0.39, 0.29) is 5.91 Å². The molecular weight excluding hydrogens is 332 g/mol. The lowest BCUT2D eigenvalue weighted by Gasteiger charge is -2.23. The summed E-state index contributed by atoms with van der Waals surface area (Å²) < 4.78 is 2.56. The number of hydrogen-bond donors (Lipinski definition) is 1. The maximum atomic E-state index is 12.8. The van der Waals surface area contributed by atoms with E-state index in [2.05, 4.69) is 21.0 Å². The molecule has 0 saturated heterocycles. The molecule has 1 aliphatic rings. The first kappa shape index (κ1) is 14.1. The van der Waals surface area contributed by atoms with Gasteiger partial charge in [-0.3, -0.25) is 9.48 Å². The van der Waals surface area contributed by atoms with Crippen LogP contribution in [0.5, 0.6) is 0 Å². The van der Waals surface area contributed by atoms with Crippen LogP contribution < -0.4 is 5.73 Å². The molecule has 1 saturated carbocycles. The van der Waals surface area contributed by atoms with Crippen molar-refractivity contribution >= 4 is 27.5 Å². The summed E-state index contributed by atoms with van der Waals surface area (Å²) in [5.41, 5.74) is 7.88. The summed E-state index contributed by atoms with van der Waals surface area (Å²) >= 11 is 3.54. The number of carbonyl (C=O) groups is 1. The normalized spacial score (nSPS) is 14.2. The lowest BCUT2D eigenvalue weighted by atomic mass is 10.2. The highest BCUT2D eigenvalue weighted by atomic mass is 79.9. The van der Waals surface area contributed by atoms with Crippen LogP contribution in [0.3, 0.4) is 0 Å². The van der Waals surface area contributed by atoms with Gasteiger partial charge in [0, 0.05) is 24.1 Å². The molecule has 0 bridgehead atoms. The molecule has 6 heteroatoms. The zero-order valence-electron chi connectivity index (χ0n) is 11.8. The number of rotatable bonds is 4. The molecule has 0 atom stereocenters. The smallest absolute Gasteiger partial charge is 0.274 e. The van der Waals surface area contributed by atoms with Gasteiger partial charge in [-0.25, -0.2) is 0 Å². The maximum Gasteiger partial charge on any atom is 0.274 e. The first-order chi connectivity index (χ1) is 10.1. The Labute approximate surface area is 131 Å². The van der Waals surface area contributed by atoms with E-state index >= 15 is 0 Å². The Morgan fingerprint density at radius 1 is 1.48 bits per heavy atom. The Bertz CT molecular complexity index is 659. The van der Waals surface area contributed by atoms with Gasteiger partial charge < -0.3 is 10.6 Å². The van der Waals surface area contributed by atoms with E-state index in [9.17, 15) is 4.79 Å². The zero-order valence-corrected chi connectivity index (χ0v) is 13.4. The number of hydrogen-bond acceptors (Lipinski definition) is 3. The molecule has 1 fully saturated rings. The van der Waals surface area contributed by atoms with Crippen molar-refractivity contribution in [2.24, 2.45) is 7.05 Å². The average molecular weight is 349 g/mol. The second-order valence-corrected chi connectivity index (χ2v) is 6.18. The predicted octanol–water partition coefficient (Wildman–Crippen LogP) is 2.57. The highest BCUT2D eigenvalue weighted by molar-refractivity contribution is 9.10. The standard InChI is InChI=1S/C15H17BrN4O/c1-19-14(13(17)8-18-19)15(21)20(11-6-7-11)9-10-4-2-3-5-12(10)16/h2-5,8,11H,6-7,9,17H2,1H3. The Morgan fingerprint density at radius 3 is 2.76 bits per heavy atom. The summed E-state index contributed by atoms with van der Waals surface area (Å²) in [4.78, 5) is 14.7. The third-order valence-electron chi connectivity index (χ3n) is 3.72. The molecule has 1 aliphatic carbocycles. The van der Waals surface area contributed by atoms with Crippen molar-refractivity contribution in [2.45, 2.75) is 25.4 Å². The Hall–Kier alpha value is -1.82. The number of nitrogens with two attached hydrogens (primary N) is 1. The number of benzene rings is 1. The zero-order chi connectivity index (χ0) is 15.0. The lowest BCUT2D eigenvalue weighted by Crippen LogP contribution is -2.34. The molecular formula is C15H17BrN4O. The Morgan fingerprint density at radius 2 is 2.19 bits per heavy atom. The molecule has 1 heterocycles. The van der Waals surface area contributed by atoms with E-state index in [1.165, 1.54) is 6.20 Å². The van der Waals surface area contributed by atoms with Crippen molar-refractivity contribution in [2.75, 3.05) is 5.73 Å². The minimum absolute atomic E-state index is 0.0502. The summed E-state index contributed by atoms with van der Waals surface area (Å²) in [7, 11) is 1.74. The van der Waals surface area contributed by atoms with Crippen LogP contribution in [-0.2, 0) is 13.6 Å². The highest BCUT2D eigenvalue weighted by Gasteiger charge is 2.35. The molecule has 0 aliphatic heterocycles. The van der Waals surface area contributed by atoms with Crippen molar-refractivity contribution < 1.29 is 4.79 Å². The van der Waals surface area contributed by atoms with Crippen LogP contribution in [0.1, 0.15) is 28.9 Å². The topological polar surface area (TPSA) is 64.2 Å². The number of aryl methyl sites for hydroxylation is 1.